The monoisotopic (exact) mass is 385 g/mol. The van der Waals surface area contributed by atoms with Gasteiger partial charge in [0.15, 0.2) is 0 Å². The molecule has 2 aromatic carbocycles. The van der Waals surface area contributed by atoms with Crippen molar-refractivity contribution < 1.29 is 4.79 Å². The van der Waals surface area contributed by atoms with Gasteiger partial charge in [-0.25, -0.2) is 0 Å². The van der Waals surface area contributed by atoms with E-state index in [1.165, 1.54) is 0 Å². The Morgan fingerprint density at radius 3 is 2.62 bits per heavy atom. The lowest BCUT2D eigenvalue weighted by Crippen LogP contribution is -2.30. The van der Waals surface area contributed by atoms with Crippen LogP contribution in [0.1, 0.15) is 41.0 Å². The molecule has 0 saturated heterocycles. The Balaban J connectivity index is 1.92. The highest BCUT2D eigenvalue weighted by Gasteiger charge is 2.42. The van der Waals surface area contributed by atoms with Crippen molar-refractivity contribution in [2.45, 2.75) is 19.4 Å². The molecule has 1 aliphatic heterocycles. The Morgan fingerprint density at radius 1 is 1.15 bits per heavy atom. The number of halogens is 2. The fourth-order valence-electron chi connectivity index (χ4n) is 3.53. The molecule has 6 heteroatoms. The van der Waals surface area contributed by atoms with Crippen LogP contribution in [0.15, 0.2) is 48.5 Å². The molecule has 2 heterocycles. The average Bonchev–Trinajstić information content (AvgIpc) is 3.17. The van der Waals surface area contributed by atoms with Crippen LogP contribution in [0.2, 0.25) is 10.0 Å². The van der Waals surface area contributed by atoms with E-state index in [0.717, 1.165) is 28.8 Å². The maximum Gasteiger partial charge on any atom is 0.273 e. The SMILES string of the molecule is CCCN1C(=O)c2[nH]nc(-c3ccccc3)c2C1c1ccc(Cl)cc1Cl. The van der Waals surface area contributed by atoms with Gasteiger partial charge in [-0.05, 0) is 24.1 Å². The van der Waals surface area contributed by atoms with Gasteiger partial charge in [0.05, 0.1) is 11.7 Å². The maximum atomic E-state index is 13.0. The standard InChI is InChI=1S/C20H17Cl2N3O/c1-2-10-25-19(14-9-8-13(21)11-15(14)22)16-17(12-6-4-3-5-7-12)23-24-18(16)20(25)26/h3-9,11,19H,2,10H2,1H3,(H,23,24). The highest BCUT2D eigenvalue weighted by molar-refractivity contribution is 6.35. The van der Waals surface area contributed by atoms with Crippen LogP contribution in [0.4, 0.5) is 0 Å². The first-order chi connectivity index (χ1) is 12.6. The van der Waals surface area contributed by atoms with Crippen LogP contribution in [0.3, 0.4) is 0 Å². The fraction of sp³-hybridized carbons (Fsp3) is 0.200. The van der Waals surface area contributed by atoms with Crippen LogP contribution >= 0.6 is 23.2 Å². The van der Waals surface area contributed by atoms with Crippen LogP contribution in [0.25, 0.3) is 11.3 Å². The van der Waals surface area contributed by atoms with E-state index in [4.69, 9.17) is 23.2 Å². The van der Waals surface area contributed by atoms with E-state index < -0.39 is 0 Å². The normalized spacial score (nSPS) is 16.2. The Bertz CT molecular complexity index is 968. The van der Waals surface area contributed by atoms with E-state index >= 15 is 0 Å². The smallest absolute Gasteiger partial charge is 0.273 e. The highest BCUT2D eigenvalue weighted by Crippen LogP contribution is 2.44. The lowest BCUT2D eigenvalue weighted by atomic mass is 9.96. The minimum Gasteiger partial charge on any atom is -0.326 e. The van der Waals surface area contributed by atoms with Gasteiger partial charge in [0.25, 0.3) is 5.91 Å². The minimum absolute atomic E-state index is 0.0486. The van der Waals surface area contributed by atoms with Crippen molar-refractivity contribution >= 4 is 29.1 Å². The number of nitrogens with zero attached hydrogens (tertiary/aromatic N) is 2. The molecule has 0 bridgehead atoms. The number of nitrogens with one attached hydrogen (secondary N) is 1. The first-order valence-electron chi connectivity index (χ1n) is 8.51. The highest BCUT2D eigenvalue weighted by atomic mass is 35.5. The summed E-state index contributed by atoms with van der Waals surface area (Å²) in [4.78, 5) is 14.8. The molecule has 4 rings (SSSR count). The molecule has 1 amide bonds. The summed E-state index contributed by atoms with van der Waals surface area (Å²) in [6.45, 7) is 2.69. The maximum absolute atomic E-state index is 13.0. The lowest BCUT2D eigenvalue weighted by Gasteiger charge is -2.26. The Morgan fingerprint density at radius 2 is 1.92 bits per heavy atom. The molecule has 4 nitrogen and oxygen atoms in total. The molecule has 0 aliphatic carbocycles. The van der Waals surface area contributed by atoms with Gasteiger partial charge < -0.3 is 4.90 Å². The van der Waals surface area contributed by atoms with Crippen molar-refractivity contribution in [1.29, 1.82) is 0 Å². The number of aromatic nitrogens is 2. The van der Waals surface area contributed by atoms with E-state index in [0.29, 0.717) is 22.3 Å². The van der Waals surface area contributed by atoms with Crippen molar-refractivity contribution in [2.75, 3.05) is 6.54 Å². The molecule has 26 heavy (non-hydrogen) atoms. The van der Waals surface area contributed by atoms with Gasteiger partial charge in [-0.3, -0.25) is 9.89 Å². The van der Waals surface area contributed by atoms with E-state index in [-0.39, 0.29) is 11.9 Å². The summed E-state index contributed by atoms with van der Waals surface area (Å²) in [5, 5.41) is 8.49. The van der Waals surface area contributed by atoms with Gasteiger partial charge in [-0.15, -0.1) is 0 Å². The number of aromatic amines is 1. The van der Waals surface area contributed by atoms with E-state index in [1.807, 2.05) is 41.3 Å². The van der Waals surface area contributed by atoms with E-state index in [9.17, 15) is 4.79 Å². The van der Waals surface area contributed by atoms with Gasteiger partial charge in [-0.2, -0.15) is 5.10 Å². The van der Waals surface area contributed by atoms with Gasteiger partial charge >= 0.3 is 0 Å². The van der Waals surface area contributed by atoms with Crippen LogP contribution in [-0.4, -0.2) is 27.5 Å². The van der Waals surface area contributed by atoms with E-state index in [1.54, 1.807) is 12.1 Å². The van der Waals surface area contributed by atoms with Crippen molar-refractivity contribution in [1.82, 2.24) is 15.1 Å². The molecule has 0 saturated carbocycles. The summed E-state index contributed by atoms with van der Waals surface area (Å²) in [6, 6.07) is 15.0. The molecule has 1 unspecified atom stereocenters. The average molecular weight is 386 g/mol. The van der Waals surface area contributed by atoms with Gasteiger partial charge in [-0.1, -0.05) is 66.5 Å². The zero-order valence-electron chi connectivity index (χ0n) is 14.2. The number of carbonyl (C=O) groups is 1. The van der Waals surface area contributed by atoms with Crippen LogP contribution in [0, 0.1) is 0 Å². The zero-order valence-corrected chi connectivity index (χ0v) is 15.7. The number of hydrogen-bond donors (Lipinski definition) is 1. The number of amides is 1. The third-order valence-corrected chi connectivity index (χ3v) is 5.20. The van der Waals surface area contributed by atoms with Crippen molar-refractivity contribution in [3.8, 4) is 11.3 Å². The molecule has 0 radical (unpaired) electrons. The third kappa shape index (κ3) is 2.70. The third-order valence-electron chi connectivity index (χ3n) is 4.63. The number of fused-ring (bicyclic) bond motifs is 1. The molecular formula is C20H17Cl2N3O. The Labute approximate surface area is 161 Å². The predicted octanol–water partition coefficient (Wildman–Crippen LogP) is 5.34. The Hall–Kier alpha value is -2.30. The summed E-state index contributed by atoms with van der Waals surface area (Å²) in [6.07, 6.45) is 0.853. The summed E-state index contributed by atoms with van der Waals surface area (Å²) in [5.74, 6) is -0.0486. The van der Waals surface area contributed by atoms with Gasteiger partial charge in [0, 0.05) is 27.7 Å². The lowest BCUT2D eigenvalue weighted by molar-refractivity contribution is 0.0744. The Kier molecular flexibility index (Phi) is 4.47. The van der Waals surface area contributed by atoms with Crippen LogP contribution in [0.5, 0.6) is 0 Å². The summed E-state index contributed by atoms with van der Waals surface area (Å²) in [5.41, 5.74) is 4.01. The number of H-pyrrole nitrogens is 1. The molecule has 1 N–H and O–H groups in total. The molecule has 0 fully saturated rings. The number of benzene rings is 2. The van der Waals surface area contributed by atoms with Crippen LogP contribution in [-0.2, 0) is 0 Å². The van der Waals surface area contributed by atoms with E-state index in [2.05, 4.69) is 17.1 Å². The second-order valence-electron chi connectivity index (χ2n) is 6.29. The second kappa shape index (κ2) is 6.78. The van der Waals surface area contributed by atoms with Gasteiger partial charge in [0.1, 0.15) is 5.69 Å². The second-order valence-corrected chi connectivity index (χ2v) is 7.14. The molecule has 3 aromatic rings. The summed E-state index contributed by atoms with van der Waals surface area (Å²) in [7, 11) is 0. The minimum atomic E-state index is -0.281. The quantitative estimate of drug-likeness (QED) is 0.658. The molecule has 1 atom stereocenters. The molecule has 132 valence electrons. The largest absolute Gasteiger partial charge is 0.326 e. The fourth-order valence-corrected chi connectivity index (χ4v) is 4.04. The zero-order chi connectivity index (χ0) is 18.3. The molecular weight excluding hydrogens is 369 g/mol. The molecule has 1 aliphatic rings. The number of hydrogen-bond acceptors (Lipinski definition) is 2. The number of rotatable bonds is 4. The first kappa shape index (κ1) is 17.1. The van der Waals surface area contributed by atoms with Crippen molar-refractivity contribution in [3.05, 3.63) is 75.4 Å². The van der Waals surface area contributed by atoms with Crippen molar-refractivity contribution in [3.63, 3.8) is 0 Å². The molecule has 0 spiro atoms. The summed E-state index contributed by atoms with van der Waals surface area (Å²) >= 11 is 12.6. The number of carbonyl (C=O) groups excluding carboxylic acids is 1. The van der Waals surface area contributed by atoms with Gasteiger partial charge in [0.2, 0.25) is 0 Å². The summed E-state index contributed by atoms with van der Waals surface area (Å²) < 4.78 is 0. The first-order valence-corrected chi connectivity index (χ1v) is 9.27. The predicted molar refractivity (Wildman–Crippen MR) is 104 cm³/mol. The topological polar surface area (TPSA) is 49.0 Å². The molecule has 1 aromatic heterocycles. The van der Waals surface area contributed by atoms with Crippen molar-refractivity contribution in [2.24, 2.45) is 0 Å². The van der Waals surface area contributed by atoms with Crippen LogP contribution < -0.4 is 0 Å².